The number of nitrogen functional groups attached to an aromatic ring is 1. The van der Waals surface area contributed by atoms with E-state index in [1.807, 2.05) is 4.90 Å². The standard InChI is InChI=1S/C55H73F2N13O6S/c1-6-14-39(57)29-40-35(3)76-52-50(59)62-31-42(63-52)47-41(30-58)66-70(45(47)32-67(5)54(40)74)28-23-61-46(71)16-11-9-7-8-10-12-24-68-26-21-36(22-27-68)48(65-51(73)34(2)60-4)55(75)69-25-13-15-44(69)53-64-43(33-77-53)49(72)37-17-19-38(56)20-18-37/h6,14,17-20,29,31,34-36,40,43-44,48,60H,7-13,15-16,21-28,32-33H2,1-5H3,(H2,59,62)(H,61,71)(H,65,73)/b14-6-,39-29+/t34-,35+,40?,43?,44-,48-/m0/s1. The Labute approximate surface area is 453 Å². The zero-order valence-electron chi connectivity index (χ0n) is 44.8. The van der Waals surface area contributed by atoms with E-state index in [9.17, 15) is 38.0 Å². The third-order valence-electron chi connectivity index (χ3n) is 14.9. The van der Waals surface area contributed by atoms with Crippen LogP contribution in [0.2, 0.25) is 0 Å². The molecule has 2 fully saturated rings. The zero-order chi connectivity index (χ0) is 55.2. The summed E-state index contributed by atoms with van der Waals surface area (Å²) in [5, 5.41) is 24.5. The predicted octanol–water partition coefficient (Wildman–Crippen LogP) is 5.76. The van der Waals surface area contributed by atoms with Crippen molar-refractivity contribution in [2.45, 2.75) is 135 Å². The van der Waals surface area contributed by atoms with Gasteiger partial charge in [0.25, 0.3) is 5.88 Å². The summed E-state index contributed by atoms with van der Waals surface area (Å²) >= 11 is 1.50. The summed E-state index contributed by atoms with van der Waals surface area (Å²) in [5.74, 6) is -2.79. The molecule has 2 aromatic heterocycles. The molecule has 4 aliphatic heterocycles. The highest BCUT2D eigenvalue weighted by Crippen LogP contribution is 2.34. The topological polar surface area (TPSA) is 246 Å². The van der Waals surface area contributed by atoms with E-state index in [-0.39, 0.29) is 78.2 Å². The Balaban J connectivity index is 0.838. The van der Waals surface area contributed by atoms with E-state index in [0.717, 1.165) is 88.9 Å². The number of anilines is 1. The number of nitrogens with zero attached hydrogens (tertiary/aromatic N) is 9. The van der Waals surface area contributed by atoms with Gasteiger partial charge < -0.3 is 41.1 Å². The molecule has 414 valence electrons. The van der Waals surface area contributed by atoms with Crippen LogP contribution in [0.5, 0.6) is 5.88 Å². The monoisotopic (exact) mass is 1080 g/mol. The highest BCUT2D eigenvalue weighted by molar-refractivity contribution is 8.14. The minimum atomic E-state index is -1.05. The molecule has 0 saturated carbocycles. The zero-order valence-corrected chi connectivity index (χ0v) is 45.6. The van der Waals surface area contributed by atoms with Crippen molar-refractivity contribution < 1.29 is 37.5 Å². The predicted molar refractivity (Wildman–Crippen MR) is 291 cm³/mol. The van der Waals surface area contributed by atoms with Gasteiger partial charge >= 0.3 is 0 Å². The van der Waals surface area contributed by atoms with Gasteiger partial charge in [-0.2, -0.15) is 10.4 Å². The number of carbonyl (C=O) groups is 5. The van der Waals surface area contributed by atoms with E-state index < -0.39 is 47.7 Å². The number of ketones is 1. The van der Waals surface area contributed by atoms with Gasteiger partial charge in [-0.1, -0.05) is 31.8 Å². The average Bonchev–Trinajstić information content (AvgIpc) is 4.25. The molecule has 22 heteroatoms. The number of nitrogens with one attached hydrogen (secondary N) is 3. The molecule has 0 aliphatic carbocycles. The lowest BCUT2D eigenvalue weighted by molar-refractivity contribution is -0.138. The Bertz CT molecular complexity index is 2720. The van der Waals surface area contributed by atoms with Crippen molar-refractivity contribution in [3.8, 4) is 23.2 Å². The summed E-state index contributed by atoms with van der Waals surface area (Å²) in [7, 11) is 3.30. The molecule has 0 radical (unpaired) electrons. The van der Waals surface area contributed by atoms with Crippen LogP contribution in [0.1, 0.15) is 113 Å². The lowest BCUT2D eigenvalue weighted by Gasteiger charge is -2.38. The number of hydrogen-bond donors (Lipinski definition) is 4. The van der Waals surface area contributed by atoms with Crippen LogP contribution in [0, 0.1) is 29.0 Å². The van der Waals surface area contributed by atoms with Gasteiger partial charge in [-0.15, -0.1) is 11.8 Å². The van der Waals surface area contributed by atoms with Crippen LogP contribution in [0.3, 0.4) is 0 Å². The van der Waals surface area contributed by atoms with Crippen LogP contribution in [-0.4, -0.2) is 152 Å². The fraction of sp³-hybridized carbons (Fsp3) is 0.564. The van der Waals surface area contributed by atoms with Gasteiger partial charge in [0.05, 0.1) is 59.3 Å². The first-order valence-electron chi connectivity index (χ1n) is 26.9. The molecule has 1 aromatic carbocycles. The summed E-state index contributed by atoms with van der Waals surface area (Å²) in [6, 6.07) is 5.61. The van der Waals surface area contributed by atoms with Crippen LogP contribution in [-0.2, 0) is 32.3 Å². The number of thioether (sulfide) groups is 1. The lowest BCUT2D eigenvalue weighted by Crippen LogP contribution is -2.58. The fourth-order valence-corrected chi connectivity index (χ4v) is 11.6. The number of fused-ring (bicyclic) bond motifs is 4. The normalized spacial score (nSPS) is 21.2. The van der Waals surface area contributed by atoms with E-state index >= 15 is 0 Å². The van der Waals surface area contributed by atoms with Gasteiger partial charge in [0.1, 0.15) is 35.9 Å². The summed E-state index contributed by atoms with van der Waals surface area (Å²) in [6.07, 6.45) is 13.7. The van der Waals surface area contributed by atoms with E-state index in [0.29, 0.717) is 35.5 Å². The highest BCUT2D eigenvalue weighted by Gasteiger charge is 2.43. The molecule has 7 rings (SSSR count). The van der Waals surface area contributed by atoms with Gasteiger partial charge in [-0.3, -0.25) is 33.6 Å². The molecule has 0 spiro atoms. The Hall–Kier alpha value is -6.57. The Kier molecular flexibility index (Phi) is 20.9. The quantitative estimate of drug-likeness (QED) is 0.0532. The van der Waals surface area contributed by atoms with E-state index in [2.05, 4.69) is 42.0 Å². The molecule has 77 heavy (non-hydrogen) atoms. The van der Waals surface area contributed by atoms with E-state index in [1.165, 1.54) is 65.4 Å². The van der Waals surface area contributed by atoms with Gasteiger partial charge in [-0.25, -0.2) is 18.7 Å². The summed E-state index contributed by atoms with van der Waals surface area (Å²) in [6.45, 7) is 8.61. The number of Topliss-reactive ketones (excluding diaryl/α,β-unsaturated/α-hetero) is 1. The maximum absolute atomic E-state index is 14.8. The number of carbonyl (C=O) groups excluding carboxylic acids is 5. The number of nitriles is 1. The first-order chi connectivity index (χ1) is 37.1. The van der Waals surface area contributed by atoms with Crippen molar-refractivity contribution in [2.75, 3.05) is 58.3 Å². The molecule has 2 unspecified atom stereocenters. The molecule has 5 N–H and O–H groups in total. The third-order valence-corrected chi connectivity index (χ3v) is 16.1. The van der Waals surface area contributed by atoms with Gasteiger partial charge in [0.2, 0.25) is 23.6 Å². The SMILES string of the molecule is C/C=C\C(F)=C/C1C(=O)N(C)Cc2c(c(C#N)nn2CCNC(=O)CCCCCCCCN2CCC([C@H](NC(=O)[C@H](C)NC)C(=O)N3CCC[C@H]3C3=NC(C(=O)c4ccc(F)cc4)CS3)CC2)-c2cnc(N)c(n2)O[C@@H]1C. The van der Waals surface area contributed by atoms with Crippen LogP contribution >= 0.6 is 11.8 Å². The smallest absolute Gasteiger partial charge is 0.258 e. The molecule has 19 nitrogen and oxygen atoms in total. The molecule has 6 atom stereocenters. The van der Waals surface area contributed by atoms with Crippen molar-refractivity contribution in [3.63, 3.8) is 0 Å². The summed E-state index contributed by atoms with van der Waals surface area (Å²) in [4.78, 5) is 87.2. The number of likely N-dealkylation sites (N-methyl/N-ethyl adjacent to an activating group) is 1. The van der Waals surface area contributed by atoms with Crippen molar-refractivity contribution in [1.29, 1.82) is 5.26 Å². The molecule has 2 bridgehead atoms. The van der Waals surface area contributed by atoms with Crippen molar-refractivity contribution >= 4 is 52.0 Å². The van der Waals surface area contributed by atoms with Gasteiger partial charge in [0, 0.05) is 37.9 Å². The van der Waals surface area contributed by atoms with Crippen molar-refractivity contribution in [1.82, 2.24) is 50.4 Å². The lowest BCUT2D eigenvalue weighted by atomic mass is 9.88. The van der Waals surface area contributed by atoms with Crippen molar-refractivity contribution in [3.05, 3.63) is 77.3 Å². The number of piperidine rings is 1. The second-order valence-corrected chi connectivity index (χ2v) is 21.3. The Morgan fingerprint density at radius 2 is 1.77 bits per heavy atom. The molecule has 4 aliphatic rings. The number of aromatic nitrogens is 4. The largest absolute Gasteiger partial charge is 0.471 e. The van der Waals surface area contributed by atoms with Crippen LogP contribution in [0.4, 0.5) is 14.6 Å². The van der Waals surface area contributed by atoms with Crippen LogP contribution < -0.4 is 26.4 Å². The Morgan fingerprint density at radius 1 is 1.04 bits per heavy atom. The number of ether oxygens (including phenoxy) is 1. The van der Waals surface area contributed by atoms with E-state index in [4.69, 9.17) is 15.5 Å². The fourth-order valence-electron chi connectivity index (χ4n) is 10.4. The minimum Gasteiger partial charge on any atom is -0.471 e. The first-order valence-corrected chi connectivity index (χ1v) is 27.9. The summed E-state index contributed by atoms with van der Waals surface area (Å²) in [5.41, 5.74) is 7.66. The molecule has 2 saturated heterocycles. The number of hydrogen-bond acceptors (Lipinski definition) is 15. The van der Waals surface area contributed by atoms with Crippen LogP contribution in [0.15, 0.2) is 59.5 Å². The highest BCUT2D eigenvalue weighted by atomic mass is 32.2. The number of halogens is 2. The summed E-state index contributed by atoms with van der Waals surface area (Å²) < 4.78 is 35.9. The molecule has 6 heterocycles. The second kappa shape index (κ2) is 27.7. The molecular weight excluding hydrogens is 1010 g/mol. The Morgan fingerprint density at radius 3 is 2.48 bits per heavy atom. The average molecular weight is 1080 g/mol. The maximum atomic E-state index is 14.8. The number of allylic oxidation sites excluding steroid dienone is 3. The van der Waals surface area contributed by atoms with E-state index in [1.54, 1.807) is 39.5 Å². The number of amides is 4. The molecule has 3 aromatic rings. The van der Waals surface area contributed by atoms with Gasteiger partial charge in [-0.05, 0) is 128 Å². The third kappa shape index (κ3) is 14.9. The number of benzene rings is 1. The number of nitrogens with two attached hydrogens (primary N) is 1. The molecular formula is C55H73F2N13O6S. The molecule has 4 amide bonds. The first kappa shape index (κ1) is 58.1. The van der Waals surface area contributed by atoms with Crippen LogP contribution in [0.25, 0.3) is 11.3 Å². The minimum absolute atomic E-state index is 0.00674. The maximum Gasteiger partial charge on any atom is 0.258 e. The number of likely N-dealkylation sites (tertiary alicyclic amines) is 2. The second-order valence-electron chi connectivity index (χ2n) is 20.3. The van der Waals surface area contributed by atoms with Crippen molar-refractivity contribution in [2.24, 2.45) is 16.8 Å². The number of aliphatic imine (C=N–C) groups is 1. The number of unbranched alkanes of at least 4 members (excludes halogenated alkanes) is 5. The van der Waals surface area contributed by atoms with Gasteiger partial charge in [0.15, 0.2) is 17.3 Å². The number of rotatable bonds is 22.